The van der Waals surface area contributed by atoms with Gasteiger partial charge in [0.25, 0.3) is 0 Å². The van der Waals surface area contributed by atoms with Crippen LogP contribution in [0.25, 0.3) is 23.3 Å². The van der Waals surface area contributed by atoms with Crippen LogP contribution in [0.3, 0.4) is 0 Å². The van der Waals surface area contributed by atoms with Gasteiger partial charge in [-0.05, 0) is 71.1 Å². The monoisotopic (exact) mass is 437 g/mol. The molecule has 0 N–H and O–H groups in total. The van der Waals surface area contributed by atoms with Crippen molar-refractivity contribution >= 4 is 29.2 Å². The van der Waals surface area contributed by atoms with Crippen LogP contribution < -0.4 is 4.90 Å². The van der Waals surface area contributed by atoms with E-state index in [9.17, 15) is 0 Å². The fourth-order valence-electron chi connectivity index (χ4n) is 4.15. The summed E-state index contributed by atoms with van der Waals surface area (Å²) in [5.41, 5.74) is 9.55. The van der Waals surface area contributed by atoms with E-state index in [4.69, 9.17) is 0 Å². The first-order valence-corrected chi connectivity index (χ1v) is 11.6. The maximum absolute atomic E-state index is 2.30. The molecule has 0 unspecified atom stereocenters. The van der Waals surface area contributed by atoms with E-state index in [-0.39, 0.29) is 0 Å². The number of para-hydroxylation sites is 1. The van der Waals surface area contributed by atoms with Crippen molar-refractivity contribution in [3.63, 3.8) is 0 Å². The van der Waals surface area contributed by atoms with Crippen molar-refractivity contribution in [3.05, 3.63) is 150 Å². The zero-order chi connectivity index (χ0) is 23.2. The summed E-state index contributed by atoms with van der Waals surface area (Å²) in [4.78, 5) is 2.30. The Hall–Kier alpha value is -4.36. The highest BCUT2D eigenvalue weighted by Crippen LogP contribution is 2.35. The van der Waals surface area contributed by atoms with Gasteiger partial charge in [-0.25, -0.2) is 0 Å². The van der Waals surface area contributed by atoms with Gasteiger partial charge in [-0.1, -0.05) is 109 Å². The first-order chi connectivity index (χ1) is 16.8. The summed E-state index contributed by atoms with van der Waals surface area (Å²) in [6.45, 7) is 2.14. The Kier molecular flexibility index (Phi) is 6.36. The van der Waals surface area contributed by atoms with Crippen LogP contribution in [0.2, 0.25) is 0 Å². The second kappa shape index (κ2) is 10.1. The summed E-state index contributed by atoms with van der Waals surface area (Å²) in [6, 6.07) is 47.0. The van der Waals surface area contributed by atoms with Crippen molar-refractivity contribution in [1.29, 1.82) is 0 Å². The summed E-state index contributed by atoms with van der Waals surface area (Å²) >= 11 is 0. The Labute approximate surface area is 202 Å². The molecule has 5 aromatic rings. The van der Waals surface area contributed by atoms with Gasteiger partial charge in [-0.2, -0.15) is 0 Å². The standard InChI is InChI=1S/C33H27N/c1-26-10-8-9-11-28(26)19-16-27-17-22-32(23-18-27)34(31-14-6-3-7-15-31)33-24-20-30(21-25-33)29-12-4-2-5-13-29/h2-25H,1H3/b19-16+. The Morgan fingerprint density at radius 2 is 0.941 bits per heavy atom. The van der Waals surface area contributed by atoms with Gasteiger partial charge >= 0.3 is 0 Å². The Morgan fingerprint density at radius 1 is 0.441 bits per heavy atom. The summed E-state index contributed by atoms with van der Waals surface area (Å²) in [7, 11) is 0. The van der Waals surface area contributed by atoms with Crippen LogP contribution in [-0.4, -0.2) is 0 Å². The van der Waals surface area contributed by atoms with Crippen LogP contribution in [0.4, 0.5) is 17.1 Å². The van der Waals surface area contributed by atoms with Crippen LogP contribution in [0.5, 0.6) is 0 Å². The van der Waals surface area contributed by atoms with E-state index in [1.165, 1.54) is 27.8 Å². The van der Waals surface area contributed by atoms with Gasteiger partial charge in [0.1, 0.15) is 0 Å². The van der Waals surface area contributed by atoms with Gasteiger partial charge in [0.05, 0.1) is 0 Å². The van der Waals surface area contributed by atoms with Gasteiger partial charge in [-0.3, -0.25) is 0 Å². The lowest BCUT2D eigenvalue weighted by molar-refractivity contribution is 1.28. The zero-order valence-electron chi connectivity index (χ0n) is 19.3. The molecule has 0 aliphatic carbocycles. The first kappa shape index (κ1) is 21.5. The largest absolute Gasteiger partial charge is 0.311 e. The lowest BCUT2D eigenvalue weighted by Gasteiger charge is -2.25. The maximum atomic E-state index is 2.30. The van der Waals surface area contributed by atoms with Gasteiger partial charge < -0.3 is 4.90 Å². The van der Waals surface area contributed by atoms with E-state index in [2.05, 4.69) is 157 Å². The number of hydrogen-bond acceptors (Lipinski definition) is 1. The van der Waals surface area contributed by atoms with E-state index in [1.54, 1.807) is 0 Å². The quantitative estimate of drug-likeness (QED) is 0.239. The molecule has 0 saturated carbocycles. The third kappa shape index (κ3) is 4.84. The zero-order valence-corrected chi connectivity index (χ0v) is 19.3. The van der Waals surface area contributed by atoms with Crippen molar-refractivity contribution in [2.75, 3.05) is 4.90 Å². The third-order valence-electron chi connectivity index (χ3n) is 6.04. The highest BCUT2D eigenvalue weighted by molar-refractivity contribution is 5.79. The minimum atomic E-state index is 1.13. The van der Waals surface area contributed by atoms with Crippen LogP contribution in [0.1, 0.15) is 16.7 Å². The minimum absolute atomic E-state index is 1.13. The molecule has 0 bridgehead atoms. The first-order valence-electron chi connectivity index (χ1n) is 11.6. The second-order valence-electron chi connectivity index (χ2n) is 8.37. The second-order valence-corrected chi connectivity index (χ2v) is 8.37. The molecule has 1 nitrogen and oxygen atoms in total. The highest BCUT2D eigenvalue weighted by Gasteiger charge is 2.12. The Bertz CT molecular complexity index is 1370. The molecule has 0 aliphatic rings. The highest BCUT2D eigenvalue weighted by atomic mass is 15.1. The number of hydrogen-bond donors (Lipinski definition) is 0. The molecule has 0 saturated heterocycles. The van der Waals surface area contributed by atoms with Crippen molar-refractivity contribution in [3.8, 4) is 11.1 Å². The van der Waals surface area contributed by atoms with E-state index in [0.29, 0.717) is 0 Å². The molecule has 0 radical (unpaired) electrons. The van der Waals surface area contributed by atoms with E-state index >= 15 is 0 Å². The predicted molar refractivity (Wildman–Crippen MR) is 147 cm³/mol. The molecule has 0 aromatic heterocycles. The molecule has 0 spiro atoms. The van der Waals surface area contributed by atoms with Crippen LogP contribution in [0.15, 0.2) is 133 Å². The van der Waals surface area contributed by atoms with E-state index < -0.39 is 0 Å². The third-order valence-corrected chi connectivity index (χ3v) is 6.04. The average molecular weight is 438 g/mol. The summed E-state index contributed by atoms with van der Waals surface area (Å²) in [5.74, 6) is 0. The van der Waals surface area contributed by atoms with E-state index in [0.717, 1.165) is 17.1 Å². The molecular formula is C33H27N. The fourth-order valence-corrected chi connectivity index (χ4v) is 4.15. The number of anilines is 3. The molecule has 0 atom stereocenters. The minimum Gasteiger partial charge on any atom is -0.311 e. The number of aryl methyl sites for hydroxylation is 1. The number of nitrogens with zero attached hydrogens (tertiary/aromatic N) is 1. The van der Waals surface area contributed by atoms with E-state index in [1.807, 2.05) is 0 Å². The fraction of sp³-hybridized carbons (Fsp3) is 0.0303. The van der Waals surface area contributed by atoms with Crippen molar-refractivity contribution < 1.29 is 0 Å². The Balaban J connectivity index is 1.45. The summed E-state index contributed by atoms with van der Waals surface area (Å²) in [6.07, 6.45) is 4.36. The molecular weight excluding hydrogens is 410 g/mol. The molecule has 0 aliphatic heterocycles. The topological polar surface area (TPSA) is 3.24 Å². The smallest absolute Gasteiger partial charge is 0.0462 e. The van der Waals surface area contributed by atoms with Gasteiger partial charge in [0.2, 0.25) is 0 Å². The summed E-state index contributed by atoms with van der Waals surface area (Å²) < 4.78 is 0. The van der Waals surface area contributed by atoms with Crippen LogP contribution in [0, 0.1) is 6.92 Å². The van der Waals surface area contributed by atoms with Crippen LogP contribution >= 0.6 is 0 Å². The average Bonchev–Trinajstić information content (AvgIpc) is 2.91. The molecule has 1 heteroatoms. The SMILES string of the molecule is Cc1ccccc1/C=C/c1ccc(N(c2ccccc2)c2ccc(-c3ccccc3)cc2)cc1. The molecule has 0 amide bonds. The van der Waals surface area contributed by atoms with Crippen molar-refractivity contribution in [2.24, 2.45) is 0 Å². The van der Waals surface area contributed by atoms with Crippen molar-refractivity contribution in [1.82, 2.24) is 0 Å². The lowest BCUT2D eigenvalue weighted by atomic mass is 10.0. The lowest BCUT2D eigenvalue weighted by Crippen LogP contribution is -2.09. The molecule has 5 aromatic carbocycles. The number of rotatable bonds is 6. The van der Waals surface area contributed by atoms with Gasteiger partial charge in [0, 0.05) is 17.1 Å². The van der Waals surface area contributed by atoms with Gasteiger partial charge in [-0.15, -0.1) is 0 Å². The van der Waals surface area contributed by atoms with Crippen LogP contribution in [-0.2, 0) is 0 Å². The molecule has 164 valence electrons. The molecule has 5 rings (SSSR count). The maximum Gasteiger partial charge on any atom is 0.0462 e. The normalized spacial score (nSPS) is 11.0. The Morgan fingerprint density at radius 3 is 1.59 bits per heavy atom. The number of benzene rings is 5. The molecule has 34 heavy (non-hydrogen) atoms. The summed E-state index contributed by atoms with van der Waals surface area (Å²) in [5, 5.41) is 0. The molecule has 0 fully saturated rings. The van der Waals surface area contributed by atoms with Gasteiger partial charge in [0.15, 0.2) is 0 Å². The predicted octanol–water partition coefficient (Wildman–Crippen LogP) is 9.30. The van der Waals surface area contributed by atoms with Crippen molar-refractivity contribution in [2.45, 2.75) is 6.92 Å². The molecule has 0 heterocycles.